The molecule has 1 N–H and O–H groups in total. The van der Waals surface area contributed by atoms with Gasteiger partial charge in [0.1, 0.15) is 6.61 Å². The standard InChI is InChI=1S/C24H20N2O3/c1-28-22-9-8-21(15-23(22)29-16-17-10-12-25-13-11-17)26-24(27)20-7-6-18-4-2-3-5-19(18)14-20/h2-15H,16H2,1H3,(H,26,27). The Hall–Kier alpha value is -3.86. The minimum Gasteiger partial charge on any atom is -0.493 e. The molecule has 0 atom stereocenters. The average molecular weight is 384 g/mol. The van der Waals surface area contributed by atoms with E-state index in [1.54, 1.807) is 37.7 Å². The van der Waals surface area contributed by atoms with Gasteiger partial charge in [0.15, 0.2) is 11.5 Å². The Morgan fingerprint density at radius 2 is 1.69 bits per heavy atom. The molecule has 4 aromatic rings. The number of nitrogens with one attached hydrogen (secondary N) is 1. The fourth-order valence-electron chi connectivity index (χ4n) is 3.04. The second kappa shape index (κ2) is 8.44. The van der Waals surface area contributed by atoms with E-state index >= 15 is 0 Å². The summed E-state index contributed by atoms with van der Waals surface area (Å²) in [5.41, 5.74) is 2.22. The molecule has 0 aliphatic rings. The third-order valence-corrected chi connectivity index (χ3v) is 4.58. The van der Waals surface area contributed by atoms with Gasteiger partial charge in [0.2, 0.25) is 0 Å². The van der Waals surface area contributed by atoms with Gasteiger partial charge in [-0.2, -0.15) is 0 Å². The molecule has 4 rings (SSSR count). The van der Waals surface area contributed by atoms with Crippen LogP contribution in [-0.4, -0.2) is 18.0 Å². The third-order valence-electron chi connectivity index (χ3n) is 4.58. The molecule has 1 heterocycles. The van der Waals surface area contributed by atoms with E-state index in [2.05, 4.69) is 10.3 Å². The van der Waals surface area contributed by atoms with E-state index in [1.165, 1.54) is 0 Å². The summed E-state index contributed by atoms with van der Waals surface area (Å²) in [6.45, 7) is 0.376. The number of benzene rings is 3. The molecule has 0 aliphatic carbocycles. The van der Waals surface area contributed by atoms with E-state index in [-0.39, 0.29) is 5.91 Å². The van der Waals surface area contributed by atoms with Gasteiger partial charge in [-0.25, -0.2) is 0 Å². The number of ether oxygens (including phenoxy) is 2. The first kappa shape index (κ1) is 18.5. The number of hydrogen-bond acceptors (Lipinski definition) is 4. The van der Waals surface area contributed by atoms with Crippen LogP contribution in [0.3, 0.4) is 0 Å². The van der Waals surface area contributed by atoms with Crippen LogP contribution < -0.4 is 14.8 Å². The number of carbonyl (C=O) groups is 1. The van der Waals surface area contributed by atoms with Crippen LogP contribution in [0.1, 0.15) is 15.9 Å². The fraction of sp³-hybridized carbons (Fsp3) is 0.0833. The highest BCUT2D eigenvalue weighted by atomic mass is 16.5. The highest BCUT2D eigenvalue weighted by molar-refractivity contribution is 6.06. The number of methoxy groups -OCH3 is 1. The molecular formula is C24H20N2O3. The Bertz CT molecular complexity index is 1140. The Morgan fingerprint density at radius 3 is 2.48 bits per heavy atom. The van der Waals surface area contributed by atoms with Gasteiger partial charge < -0.3 is 14.8 Å². The van der Waals surface area contributed by atoms with Crippen molar-refractivity contribution in [1.29, 1.82) is 0 Å². The molecule has 0 saturated heterocycles. The fourth-order valence-corrected chi connectivity index (χ4v) is 3.04. The van der Waals surface area contributed by atoms with Gasteiger partial charge in [0.25, 0.3) is 5.91 Å². The normalized spacial score (nSPS) is 10.5. The number of amides is 1. The van der Waals surface area contributed by atoms with Crippen LogP contribution in [0.15, 0.2) is 85.2 Å². The third kappa shape index (κ3) is 4.35. The molecule has 0 spiro atoms. The Balaban J connectivity index is 1.52. The zero-order chi connectivity index (χ0) is 20.1. The Morgan fingerprint density at radius 1 is 0.897 bits per heavy atom. The number of anilines is 1. The largest absolute Gasteiger partial charge is 0.493 e. The minimum absolute atomic E-state index is 0.180. The maximum absolute atomic E-state index is 12.7. The van der Waals surface area contributed by atoms with Crippen LogP contribution in [0, 0.1) is 0 Å². The molecule has 0 bridgehead atoms. The van der Waals surface area contributed by atoms with Crippen molar-refractivity contribution in [2.24, 2.45) is 0 Å². The number of pyridine rings is 1. The van der Waals surface area contributed by atoms with E-state index < -0.39 is 0 Å². The van der Waals surface area contributed by atoms with Crippen LogP contribution in [0.2, 0.25) is 0 Å². The number of rotatable bonds is 6. The van der Waals surface area contributed by atoms with E-state index in [0.717, 1.165) is 16.3 Å². The monoisotopic (exact) mass is 384 g/mol. The zero-order valence-corrected chi connectivity index (χ0v) is 16.0. The first-order valence-corrected chi connectivity index (χ1v) is 9.23. The quantitative estimate of drug-likeness (QED) is 0.504. The number of nitrogens with zero attached hydrogens (tertiary/aromatic N) is 1. The Labute approximate surface area is 168 Å². The van der Waals surface area contributed by atoms with Crippen molar-refractivity contribution >= 4 is 22.4 Å². The number of carbonyl (C=O) groups excluding carboxylic acids is 1. The van der Waals surface area contributed by atoms with Gasteiger partial charge in [-0.15, -0.1) is 0 Å². The van der Waals surface area contributed by atoms with Crippen molar-refractivity contribution in [1.82, 2.24) is 4.98 Å². The summed E-state index contributed by atoms with van der Waals surface area (Å²) in [4.78, 5) is 16.7. The summed E-state index contributed by atoms with van der Waals surface area (Å²) in [5, 5.41) is 5.05. The summed E-state index contributed by atoms with van der Waals surface area (Å²) >= 11 is 0. The lowest BCUT2D eigenvalue weighted by molar-refractivity contribution is 0.102. The SMILES string of the molecule is COc1ccc(NC(=O)c2ccc3ccccc3c2)cc1OCc1ccncc1. The van der Waals surface area contributed by atoms with E-state index in [1.807, 2.05) is 54.6 Å². The van der Waals surface area contributed by atoms with Crippen LogP contribution in [0.4, 0.5) is 5.69 Å². The summed E-state index contributed by atoms with van der Waals surface area (Å²) in [6.07, 6.45) is 3.44. The van der Waals surface area contributed by atoms with Gasteiger partial charge in [0.05, 0.1) is 7.11 Å². The number of fused-ring (bicyclic) bond motifs is 1. The second-order valence-corrected chi connectivity index (χ2v) is 6.53. The smallest absolute Gasteiger partial charge is 0.255 e. The number of aromatic nitrogens is 1. The lowest BCUT2D eigenvalue weighted by atomic mass is 10.1. The Kier molecular flexibility index (Phi) is 5.38. The first-order valence-electron chi connectivity index (χ1n) is 9.23. The lowest BCUT2D eigenvalue weighted by Gasteiger charge is -2.13. The molecule has 0 fully saturated rings. The van der Waals surface area contributed by atoms with Gasteiger partial charge in [-0.1, -0.05) is 30.3 Å². The van der Waals surface area contributed by atoms with Crippen molar-refractivity contribution in [2.45, 2.75) is 6.61 Å². The lowest BCUT2D eigenvalue weighted by Crippen LogP contribution is -2.12. The molecule has 0 radical (unpaired) electrons. The zero-order valence-electron chi connectivity index (χ0n) is 16.0. The minimum atomic E-state index is -0.180. The summed E-state index contributed by atoms with van der Waals surface area (Å²) in [6, 6.07) is 22.7. The summed E-state index contributed by atoms with van der Waals surface area (Å²) in [5.74, 6) is 0.976. The van der Waals surface area contributed by atoms with Crippen molar-refractivity contribution in [3.8, 4) is 11.5 Å². The topological polar surface area (TPSA) is 60.5 Å². The second-order valence-electron chi connectivity index (χ2n) is 6.53. The van der Waals surface area contributed by atoms with Crippen LogP contribution in [0.5, 0.6) is 11.5 Å². The van der Waals surface area contributed by atoms with E-state index in [4.69, 9.17) is 9.47 Å². The molecule has 0 unspecified atom stereocenters. The summed E-state index contributed by atoms with van der Waals surface area (Å²) in [7, 11) is 1.59. The van der Waals surface area contributed by atoms with Crippen LogP contribution in [-0.2, 0) is 6.61 Å². The number of hydrogen-bond donors (Lipinski definition) is 1. The predicted octanol–water partition coefficient (Wildman–Crippen LogP) is 5.07. The van der Waals surface area contributed by atoms with Crippen molar-refractivity contribution in [3.05, 3.63) is 96.3 Å². The molecule has 1 aromatic heterocycles. The van der Waals surface area contributed by atoms with Gasteiger partial charge in [-0.05, 0) is 52.7 Å². The van der Waals surface area contributed by atoms with Gasteiger partial charge in [-0.3, -0.25) is 9.78 Å². The highest BCUT2D eigenvalue weighted by Crippen LogP contribution is 2.31. The maximum atomic E-state index is 12.7. The summed E-state index contributed by atoms with van der Waals surface area (Å²) < 4.78 is 11.3. The maximum Gasteiger partial charge on any atom is 0.255 e. The molecule has 0 saturated carbocycles. The predicted molar refractivity (Wildman–Crippen MR) is 113 cm³/mol. The molecule has 0 aliphatic heterocycles. The average Bonchev–Trinajstić information content (AvgIpc) is 2.78. The van der Waals surface area contributed by atoms with Crippen LogP contribution in [0.25, 0.3) is 10.8 Å². The van der Waals surface area contributed by atoms with E-state index in [0.29, 0.717) is 29.4 Å². The van der Waals surface area contributed by atoms with Crippen LogP contribution >= 0.6 is 0 Å². The first-order chi connectivity index (χ1) is 14.2. The van der Waals surface area contributed by atoms with Crippen molar-refractivity contribution in [2.75, 3.05) is 12.4 Å². The van der Waals surface area contributed by atoms with E-state index in [9.17, 15) is 4.79 Å². The van der Waals surface area contributed by atoms with Crippen molar-refractivity contribution in [3.63, 3.8) is 0 Å². The van der Waals surface area contributed by atoms with Crippen molar-refractivity contribution < 1.29 is 14.3 Å². The molecule has 5 heteroatoms. The molecule has 144 valence electrons. The molecule has 3 aromatic carbocycles. The molecular weight excluding hydrogens is 364 g/mol. The van der Waals surface area contributed by atoms with Gasteiger partial charge >= 0.3 is 0 Å². The molecule has 29 heavy (non-hydrogen) atoms. The molecule has 5 nitrogen and oxygen atoms in total. The molecule has 1 amide bonds. The van der Waals surface area contributed by atoms with Gasteiger partial charge in [0, 0.05) is 29.7 Å². The highest BCUT2D eigenvalue weighted by Gasteiger charge is 2.11.